The molecule has 0 saturated carbocycles. The fraction of sp³-hybridized carbons (Fsp3) is 0.292. The largest absolute Gasteiger partial charge is 0.439 e. The molecule has 0 radical (unpaired) electrons. The zero-order chi connectivity index (χ0) is 27.1. The molecule has 0 spiro atoms. The monoisotopic (exact) mass is 588 g/mol. The van der Waals surface area contributed by atoms with Crippen LogP contribution in [0.2, 0.25) is 0 Å². The van der Waals surface area contributed by atoms with Gasteiger partial charge in [0.2, 0.25) is 0 Å². The molecular formula is C24H18BrF9O2. The lowest BCUT2D eigenvalue weighted by Crippen LogP contribution is -2.47. The van der Waals surface area contributed by atoms with Crippen molar-refractivity contribution in [2.45, 2.75) is 37.5 Å². The van der Waals surface area contributed by atoms with Gasteiger partial charge in [-0.25, -0.2) is 8.78 Å². The molecule has 0 fully saturated rings. The molecule has 2 nitrogen and oxygen atoms in total. The van der Waals surface area contributed by atoms with Crippen molar-refractivity contribution >= 4 is 33.6 Å². The Hall–Kier alpha value is -2.76. The second-order valence-electron chi connectivity index (χ2n) is 7.46. The summed E-state index contributed by atoms with van der Waals surface area (Å²) in [6, 6.07) is 5.18. The molecule has 36 heavy (non-hydrogen) atoms. The number of hydrogen-bond donors (Lipinski definition) is 0. The number of benzene rings is 2. The smallest absolute Gasteiger partial charge is 0.437 e. The highest BCUT2D eigenvalue weighted by Crippen LogP contribution is 2.48. The maximum absolute atomic E-state index is 14.6. The first-order valence-corrected chi connectivity index (χ1v) is 11.4. The van der Waals surface area contributed by atoms with Crippen LogP contribution in [0.1, 0.15) is 47.9 Å². The van der Waals surface area contributed by atoms with Crippen molar-refractivity contribution in [2.75, 3.05) is 5.33 Å². The summed E-state index contributed by atoms with van der Waals surface area (Å²) < 4.78 is 126. The van der Waals surface area contributed by atoms with Crippen LogP contribution < -0.4 is 0 Å². The Morgan fingerprint density at radius 1 is 0.694 bits per heavy atom. The maximum atomic E-state index is 14.6. The van der Waals surface area contributed by atoms with Gasteiger partial charge in [0.25, 0.3) is 5.60 Å². The molecule has 2 rings (SSSR count). The summed E-state index contributed by atoms with van der Waals surface area (Å²) in [6.07, 6.45) is -9.78. The molecule has 0 aliphatic carbocycles. The number of alkyl halides is 4. The van der Waals surface area contributed by atoms with E-state index >= 15 is 0 Å². The molecule has 0 N–H and O–H groups in total. The zero-order valence-corrected chi connectivity index (χ0v) is 19.8. The average molecular weight is 589 g/mol. The molecular weight excluding hydrogens is 571 g/mol. The Labute approximate surface area is 208 Å². The highest BCUT2D eigenvalue weighted by Gasteiger charge is 2.61. The minimum Gasteiger partial charge on any atom is -0.439 e. The van der Waals surface area contributed by atoms with E-state index in [1.165, 1.54) is 0 Å². The fourth-order valence-corrected chi connectivity index (χ4v) is 3.75. The molecule has 2 aromatic rings. The van der Waals surface area contributed by atoms with E-state index in [0.29, 0.717) is 66.7 Å². The molecule has 0 saturated heterocycles. The van der Waals surface area contributed by atoms with E-state index in [-0.39, 0.29) is 6.42 Å². The summed E-state index contributed by atoms with van der Waals surface area (Å²) >= 11 is 3.18. The predicted octanol–water partition coefficient (Wildman–Crippen LogP) is 9.06. The molecule has 0 aliphatic rings. The third-order valence-electron chi connectivity index (χ3n) is 5.10. The van der Waals surface area contributed by atoms with Crippen molar-refractivity contribution in [3.63, 3.8) is 0 Å². The highest BCUT2D eigenvalue weighted by atomic mass is 79.9. The summed E-state index contributed by atoms with van der Waals surface area (Å²) in [5.74, 6) is -5.16. The number of ether oxygens (including phenoxy) is 1. The van der Waals surface area contributed by atoms with E-state index in [9.17, 15) is 44.3 Å². The van der Waals surface area contributed by atoms with Crippen molar-refractivity contribution < 1.29 is 49.0 Å². The van der Waals surface area contributed by atoms with E-state index in [2.05, 4.69) is 15.9 Å². The average Bonchev–Trinajstić information content (AvgIpc) is 2.83. The molecule has 0 amide bonds. The second-order valence-corrected chi connectivity index (χ2v) is 8.25. The van der Waals surface area contributed by atoms with Crippen molar-refractivity contribution in [2.24, 2.45) is 0 Å². The lowest BCUT2D eigenvalue weighted by Gasteiger charge is -2.36. The van der Waals surface area contributed by atoms with E-state index in [0.717, 1.165) is 0 Å². The van der Waals surface area contributed by atoms with Crippen molar-refractivity contribution in [1.82, 2.24) is 0 Å². The van der Waals surface area contributed by atoms with E-state index < -0.39 is 70.2 Å². The summed E-state index contributed by atoms with van der Waals surface area (Å²) in [7, 11) is 0. The molecule has 196 valence electrons. The predicted molar refractivity (Wildman–Crippen MR) is 119 cm³/mol. The molecule has 12 heteroatoms. The van der Waals surface area contributed by atoms with Gasteiger partial charge in [-0.1, -0.05) is 70.9 Å². The molecule has 0 bridgehead atoms. The lowest BCUT2D eigenvalue weighted by molar-refractivity contribution is -0.260. The number of carbonyl (C=O) groups is 1. The summed E-state index contributed by atoms with van der Waals surface area (Å²) in [6.45, 7) is 0. The van der Waals surface area contributed by atoms with Gasteiger partial charge in [-0.05, 0) is 12.8 Å². The zero-order valence-electron chi connectivity index (χ0n) is 18.3. The SMILES string of the molecule is O=C(CCCCCBr)OC(c1ccc(C(F)=C(F)F)cc1)(c1ccc(C(F)=C(F)F)cc1)C(F)(F)F. The fourth-order valence-electron chi connectivity index (χ4n) is 3.35. The molecule has 2 aromatic carbocycles. The van der Waals surface area contributed by atoms with Gasteiger partial charge in [0.15, 0.2) is 11.7 Å². The van der Waals surface area contributed by atoms with Gasteiger partial charge in [0.05, 0.1) is 0 Å². The van der Waals surface area contributed by atoms with Gasteiger partial charge in [0, 0.05) is 34.0 Å². The standard InChI is InChI=1S/C24H18BrF9O2/c25-13-3-1-2-4-18(35)36-23(24(32,33)34,16-9-5-14(6-10-16)19(26)21(28)29)17-11-7-15(8-12-17)20(27)22(30)31/h5-12H,1-4,13H2. The topological polar surface area (TPSA) is 26.3 Å². The van der Waals surface area contributed by atoms with Crippen LogP contribution in [-0.2, 0) is 15.1 Å². The first kappa shape index (κ1) is 29.5. The Balaban J connectivity index is 2.66. The lowest BCUT2D eigenvalue weighted by atomic mass is 9.84. The third kappa shape index (κ3) is 6.71. The van der Waals surface area contributed by atoms with Crippen LogP contribution in [0.4, 0.5) is 39.5 Å². The minimum atomic E-state index is -5.36. The van der Waals surface area contributed by atoms with Crippen LogP contribution in [0, 0.1) is 0 Å². The first-order chi connectivity index (χ1) is 16.8. The van der Waals surface area contributed by atoms with E-state index in [1.807, 2.05) is 0 Å². The Kier molecular flexibility index (Phi) is 10.2. The molecule has 0 atom stereocenters. The molecule has 0 aromatic heterocycles. The molecule has 0 aliphatic heterocycles. The quantitative estimate of drug-likeness (QED) is 0.120. The molecule has 0 unspecified atom stereocenters. The van der Waals surface area contributed by atoms with Crippen molar-refractivity contribution in [3.05, 3.63) is 82.9 Å². The van der Waals surface area contributed by atoms with Crippen LogP contribution in [0.3, 0.4) is 0 Å². The van der Waals surface area contributed by atoms with Gasteiger partial charge in [0.1, 0.15) is 0 Å². The van der Waals surface area contributed by atoms with Crippen molar-refractivity contribution in [3.8, 4) is 0 Å². The van der Waals surface area contributed by atoms with Gasteiger partial charge in [-0.3, -0.25) is 4.79 Å². The molecule has 0 heterocycles. The third-order valence-corrected chi connectivity index (χ3v) is 5.66. The number of unbranched alkanes of at least 4 members (excludes halogenated alkanes) is 2. The van der Waals surface area contributed by atoms with Crippen LogP contribution in [0.25, 0.3) is 11.7 Å². The van der Waals surface area contributed by atoms with E-state index in [1.54, 1.807) is 0 Å². The van der Waals surface area contributed by atoms with Crippen molar-refractivity contribution in [1.29, 1.82) is 0 Å². The number of hydrogen-bond acceptors (Lipinski definition) is 2. The second kappa shape index (κ2) is 12.5. The highest BCUT2D eigenvalue weighted by molar-refractivity contribution is 9.09. The van der Waals surface area contributed by atoms with Gasteiger partial charge in [-0.2, -0.15) is 30.7 Å². The Bertz CT molecular complexity index is 1030. The van der Waals surface area contributed by atoms with Crippen LogP contribution >= 0.6 is 15.9 Å². The Morgan fingerprint density at radius 2 is 1.11 bits per heavy atom. The van der Waals surface area contributed by atoms with Gasteiger partial charge in [-0.15, -0.1) is 0 Å². The van der Waals surface area contributed by atoms with Crippen LogP contribution in [0.15, 0.2) is 60.7 Å². The normalized spacial score (nSPS) is 11.7. The number of carbonyl (C=O) groups excluding carboxylic acids is 1. The number of rotatable bonds is 10. The van der Waals surface area contributed by atoms with Crippen LogP contribution in [0.5, 0.6) is 0 Å². The summed E-state index contributed by atoms with van der Waals surface area (Å²) in [5, 5.41) is 0.613. The minimum absolute atomic E-state index is 0.202. The Morgan fingerprint density at radius 3 is 1.44 bits per heavy atom. The summed E-state index contributed by atoms with van der Waals surface area (Å²) in [5.41, 5.74) is -6.53. The van der Waals surface area contributed by atoms with Crippen LogP contribution in [-0.4, -0.2) is 17.5 Å². The first-order valence-electron chi connectivity index (χ1n) is 10.3. The van der Waals surface area contributed by atoms with E-state index in [4.69, 9.17) is 4.74 Å². The number of halogens is 10. The van der Waals surface area contributed by atoms with Gasteiger partial charge >= 0.3 is 24.3 Å². The summed E-state index contributed by atoms with van der Waals surface area (Å²) in [4.78, 5) is 12.5. The van der Waals surface area contributed by atoms with Gasteiger partial charge < -0.3 is 4.74 Å². The number of esters is 1. The maximum Gasteiger partial charge on any atom is 0.437 e.